The molecule has 1 N–H and O–H groups in total. The highest BCUT2D eigenvalue weighted by molar-refractivity contribution is 5.91. The topological polar surface area (TPSA) is 195 Å². The highest BCUT2D eigenvalue weighted by atomic mass is 16.6. The molecule has 20 heteroatoms. The molecule has 101 heavy (non-hydrogen) atoms. The van der Waals surface area contributed by atoms with Gasteiger partial charge in [-0.05, 0) is 232 Å². The lowest BCUT2D eigenvalue weighted by atomic mass is 9.87. The lowest BCUT2D eigenvalue weighted by Crippen LogP contribution is -2.34. The molecule has 9 aromatic rings. The van der Waals surface area contributed by atoms with Gasteiger partial charge in [0.25, 0.3) is 5.69 Å². The number of fused-ring (bicyclic) bond motifs is 4. The number of carbonyl (C=O) groups excluding carboxylic acids is 1. The van der Waals surface area contributed by atoms with Gasteiger partial charge in [-0.1, -0.05) is 36.4 Å². The van der Waals surface area contributed by atoms with Crippen molar-refractivity contribution >= 4 is 11.7 Å². The Morgan fingerprint density at radius 2 is 0.822 bits per heavy atom. The number of phenols is 1. The molecule has 8 aliphatic rings. The Balaban J connectivity index is 0.000000176. The van der Waals surface area contributed by atoms with Crippen LogP contribution >= 0.6 is 0 Å². The van der Waals surface area contributed by atoms with E-state index < -0.39 is 10.9 Å². The molecule has 0 radical (unpaired) electrons. The molecular formula is C81H83N5O15. The fraction of sp³-hybridized carbons (Fsp3) is 0.321. The minimum Gasteiger partial charge on any atom is -0.502 e. The second-order valence-corrected chi connectivity index (χ2v) is 26.7. The molecule has 0 fully saturated rings. The predicted octanol–water partition coefficient (Wildman–Crippen LogP) is 15.1. The van der Waals surface area contributed by atoms with E-state index in [0.717, 1.165) is 109 Å². The minimum absolute atomic E-state index is 0.0160. The number of phenolic OH excluding ortho intramolecular Hbond substituents is 1. The number of aromatic hydroxyl groups is 1. The first kappa shape index (κ1) is 67.7. The number of benzene rings is 9. The molecule has 0 saturated carbocycles. The summed E-state index contributed by atoms with van der Waals surface area (Å²) in [4.78, 5) is 33.4. The molecular weight excluding hydrogens is 1280 g/mol. The van der Waals surface area contributed by atoms with Crippen molar-refractivity contribution < 1.29 is 66.9 Å². The number of nitro benzene ring substituents is 1. The monoisotopic (exact) mass is 1370 g/mol. The number of hydrogen-bond acceptors (Lipinski definition) is 19. The van der Waals surface area contributed by atoms with E-state index in [-0.39, 0.29) is 46.9 Å². The van der Waals surface area contributed by atoms with Crippen LogP contribution in [0.5, 0.6) is 92.0 Å². The third kappa shape index (κ3) is 13.5. The molecule has 9 aromatic carbocycles. The van der Waals surface area contributed by atoms with Gasteiger partial charge in [-0.25, -0.2) is 4.79 Å². The van der Waals surface area contributed by atoms with Crippen LogP contribution < -0.4 is 52.1 Å². The standard InChI is InChI=1S/C44H43N3O9.C37H40N2O6/c1-45-18-16-29-23-37(51-3)39-25-33(29)34(45)20-26-6-13-32(14-7-26)54-38-22-27(8-15-36(38)56-44(48)28-9-11-31(12-10-28)47(49)50)21-35-41-30(17-19-46(35)2)24-40(52-4)42(53-5)43(41)55-39;1-38-14-12-24-19-31(42-4)33-21-27(24)28(38)16-22-6-9-26(10-7-22)44-32-18-23(8-11-30(32)41-3)17-29-35-25(13-15-39(29)2)20-34(43-5)36(40)37(35)45-33/h6-15,22-25,34-35H,16-21H2,1-5H3;6-11,18-21,28-29,40H,12-17H2,1-5H3. The summed E-state index contributed by atoms with van der Waals surface area (Å²) < 4.78 is 67.8. The molecule has 0 amide bonds. The Morgan fingerprint density at radius 3 is 1.30 bits per heavy atom. The van der Waals surface area contributed by atoms with Crippen LogP contribution in [0.2, 0.25) is 0 Å². The maximum absolute atomic E-state index is 13.3. The Labute approximate surface area is 588 Å². The van der Waals surface area contributed by atoms with Gasteiger partial charge in [0, 0.05) is 73.6 Å². The number of ether oxygens (including phenoxy) is 11. The zero-order chi connectivity index (χ0) is 70.3. The first-order valence-electron chi connectivity index (χ1n) is 34.1. The molecule has 17 rings (SSSR count). The van der Waals surface area contributed by atoms with E-state index in [1.54, 1.807) is 48.7 Å². The van der Waals surface area contributed by atoms with E-state index in [9.17, 15) is 20.0 Å². The van der Waals surface area contributed by atoms with Crippen molar-refractivity contribution in [3.8, 4) is 92.0 Å². The summed E-state index contributed by atoms with van der Waals surface area (Å²) in [6, 6.07) is 45.6. The smallest absolute Gasteiger partial charge is 0.343 e. The van der Waals surface area contributed by atoms with E-state index >= 15 is 0 Å². The number of nitro groups is 1. The predicted molar refractivity (Wildman–Crippen MR) is 382 cm³/mol. The van der Waals surface area contributed by atoms with E-state index in [1.807, 2.05) is 60.7 Å². The minimum atomic E-state index is -0.666. The summed E-state index contributed by atoms with van der Waals surface area (Å²) in [5.41, 5.74) is 13.3. The third-order valence-electron chi connectivity index (χ3n) is 20.8. The molecule has 0 saturated heterocycles. The van der Waals surface area contributed by atoms with Gasteiger partial charge in [-0.3, -0.25) is 29.7 Å². The maximum Gasteiger partial charge on any atom is 0.343 e. The lowest BCUT2D eigenvalue weighted by Gasteiger charge is -2.37. The van der Waals surface area contributed by atoms with Crippen molar-refractivity contribution in [2.45, 2.75) is 75.5 Å². The molecule has 0 aliphatic carbocycles. The number of esters is 1. The van der Waals surface area contributed by atoms with E-state index in [2.05, 4.69) is 102 Å². The van der Waals surface area contributed by atoms with Crippen LogP contribution in [-0.2, 0) is 51.4 Å². The second-order valence-electron chi connectivity index (χ2n) is 26.7. The Morgan fingerprint density at radius 1 is 0.426 bits per heavy atom. The third-order valence-corrected chi connectivity index (χ3v) is 20.8. The Kier molecular flexibility index (Phi) is 19.2. The molecule has 0 aromatic heterocycles. The van der Waals surface area contributed by atoms with Gasteiger partial charge >= 0.3 is 5.97 Å². The zero-order valence-corrected chi connectivity index (χ0v) is 58.5. The lowest BCUT2D eigenvalue weighted by molar-refractivity contribution is -0.384. The normalized spacial score (nSPS) is 18.4. The molecule has 8 heterocycles. The molecule has 4 unspecified atom stereocenters. The average molecular weight is 1370 g/mol. The molecule has 8 aliphatic heterocycles. The number of rotatable bonds is 9. The van der Waals surface area contributed by atoms with Crippen LogP contribution in [0.25, 0.3) is 0 Å². The highest BCUT2D eigenvalue weighted by Crippen LogP contribution is 2.55. The average Bonchev–Trinajstić information content (AvgIpc) is 0.755. The molecule has 20 nitrogen and oxygen atoms in total. The largest absolute Gasteiger partial charge is 0.502 e. The van der Waals surface area contributed by atoms with Crippen molar-refractivity contribution in [1.29, 1.82) is 0 Å². The Bertz CT molecular complexity index is 4620. The first-order chi connectivity index (χ1) is 49.0. The molecule has 522 valence electrons. The Hall–Kier alpha value is -10.5. The van der Waals surface area contributed by atoms with Gasteiger partial charge in [0.2, 0.25) is 11.5 Å². The van der Waals surface area contributed by atoms with Crippen LogP contribution in [0.3, 0.4) is 0 Å². The molecule has 0 spiro atoms. The number of methoxy groups -OCH3 is 6. The number of hydrogen-bond donors (Lipinski definition) is 1. The number of non-ortho nitro benzene ring substituents is 1. The molecule has 12 bridgehead atoms. The summed E-state index contributed by atoms with van der Waals surface area (Å²) in [5, 5.41) is 22.8. The summed E-state index contributed by atoms with van der Waals surface area (Å²) in [7, 11) is 18.4. The number of nitrogens with zero attached hydrogens (tertiary/aromatic N) is 5. The summed E-state index contributed by atoms with van der Waals surface area (Å²) in [6.07, 6.45) is 6.15. The van der Waals surface area contributed by atoms with Gasteiger partial charge in [-0.2, -0.15) is 0 Å². The van der Waals surface area contributed by atoms with Crippen molar-refractivity contribution in [1.82, 2.24) is 19.6 Å². The SMILES string of the molecule is COc1cc2c3cc1Oc1c(OC)c(OC)cc4c1C(Cc1ccc(OC(=O)c5ccc([N+](=O)[O-])cc5)c(c1)Oc1ccc(cc1)CC3N(C)CC2)N(C)CC4.COc1ccc2cc1Oc1ccc(cc1)CC1c3cc(c(OC)cc3CCN1C)Oc1c(O)c(OC)cc3c1C(C2)N(C)CC3. The van der Waals surface area contributed by atoms with Crippen molar-refractivity contribution in [3.05, 3.63) is 228 Å². The van der Waals surface area contributed by atoms with E-state index in [0.29, 0.717) is 87.6 Å². The van der Waals surface area contributed by atoms with Gasteiger partial charge in [0.05, 0.1) is 53.1 Å². The van der Waals surface area contributed by atoms with Crippen LogP contribution in [0.1, 0.15) is 101 Å². The van der Waals surface area contributed by atoms with E-state index in [4.69, 9.17) is 52.1 Å². The van der Waals surface area contributed by atoms with Gasteiger partial charge in [0.1, 0.15) is 11.5 Å². The van der Waals surface area contributed by atoms with Crippen LogP contribution in [0.15, 0.2) is 146 Å². The van der Waals surface area contributed by atoms with Crippen molar-refractivity contribution in [2.24, 2.45) is 0 Å². The number of likely N-dealkylation sites (N-methyl/N-ethyl adjacent to an activating group) is 4. The molecule has 4 atom stereocenters. The summed E-state index contributed by atoms with van der Waals surface area (Å²) in [5.74, 6) is 7.45. The van der Waals surface area contributed by atoms with Gasteiger partial charge < -0.3 is 57.2 Å². The first-order valence-corrected chi connectivity index (χ1v) is 34.1. The fourth-order valence-corrected chi connectivity index (χ4v) is 15.2. The quantitative estimate of drug-likeness (QED) is 0.0619. The van der Waals surface area contributed by atoms with Crippen LogP contribution in [-0.4, -0.2) is 133 Å². The highest BCUT2D eigenvalue weighted by Gasteiger charge is 2.38. The van der Waals surface area contributed by atoms with Crippen molar-refractivity contribution in [2.75, 3.05) is 97.0 Å². The summed E-state index contributed by atoms with van der Waals surface area (Å²) >= 11 is 0. The number of carbonyl (C=O) groups is 1. The zero-order valence-electron chi connectivity index (χ0n) is 58.5. The van der Waals surface area contributed by atoms with Crippen LogP contribution in [0.4, 0.5) is 5.69 Å². The maximum atomic E-state index is 13.3. The van der Waals surface area contributed by atoms with Crippen LogP contribution in [0, 0.1) is 10.1 Å². The van der Waals surface area contributed by atoms with E-state index in [1.165, 1.54) is 52.1 Å². The van der Waals surface area contributed by atoms with Crippen molar-refractivity contribution in [3.63, 3.8) is 0 Å². The van der Waals surface area contributed by atoms with Gasteiger partial charge in [0.15, 0.2) is 69.0 Å². The van der Waals surface area contributed by atoms with Gasteiger partial charge in [-0.15, -0.1) is 0 Å². The summed E-state index contributed by atoms with van der Waals surface area (Å²) in [6.45, 7) is 3.48. The fourth-order valence-electron chi connectivity index (χ4n) is 15.2. The second kappa shape index (κ2) is 28.6.